The van der Waals surface area contributed by atoms with E-state index in [9.17, 15) is 4.79 Å². The Hall–Kier alpha value is -1.56. The van der Waals surface area contributed by atoms with E-state index in [1.165, 1.54) is 0 Å². The number of hydrogen-bond donors (Lipinski definition) is 1. The number of likely N-dealkylation sites (tertiary alicyclic amines) is 1. The molecular formula is C16H18Cl2N4O. The second kappa shape index (κ2) is 6.51. The van der Waals surface area contributed by atoms with Gasteiger partial charge in [0.1, 0.15) is 0 Å². The van der Waals surface area contributed by atoms with Crippen LogP contribution in [0.25, 0.3) is 5.69 Å². The lowest BCUT2D eigenvalue weighted by atomic mass is 10.3. The van der Waals surface area contributed by atoms with Crippen molar-refractivity contribution in [2.75, 3.05) is 20.1 Å². The molecule has 0 aliphatic carbocycles. The molecule has 23 heavy (non-hydrogen) atoms. The number of rotatable bonds is 3. The zero-order valence-electron chi connectivity index (χ0n) is 13.0. The molecule has 2 aromatic rings. The topological polar surface area (TPSA) is 50.2 Å². The predicted molar refractivity (Wildman–Crippen MR) is 91.7 cm³/mol. The van der Waals surface area contributed by atoms with Crippen molar-refractivity contribution in [3.8, 4) is 5.69 Å². The van der Waals surface area contributed by atoms with E-state index < -0.39 is 0 Å². The van der Waals surface area contributed by atoms with Gasteiger partial charge >= 0.3 is 0 Å². The molecule has 0 radical (unpaired) electrons. The molecule has 1 aliphatic rings. The Labute approximate surface area is 145 Å². The summed E-state index contributed by atoms with van der Waals surface area (Å²) in [5.41, 5.74) is 2.10. The van der Waals surface area contributed by atoms with Gasteiger partial charge in [0.25, 0.3) is 5.91 Å². The van der Waals surface area contributed by atoms with Crippen molar-refractivity contribution in [2.24, 2.45) is 0 Å². The molecule has 0 bridgehead atoms. The van der Waals surface area contributed by atoms with E-state index in [0.29, 0.717) is 28.3 Å². The van der Waals surface area contributed by atoms with Gasteiger partial charge in [-0.2, -0.15) is 5.10 Å². The van der Waals surface area contributed by atoms with Crippen molar-refractivity contribution in [3.63, 3.8) is 0 Å². The van der Waals surface area contributed by atoms with Crippen molar-refractivity contribution in [2.45, 2.75) is 19.4 Å². The number of likely N-dealkylation sites (N-methyl/N-ethyl adjacent to an activating group) is 1. The van der Waals surface area contributed by atoms with Crippen molar-refractivity contribution in [1.82, 2.24) is 20.0 Å². The Bertz CT molecular complexity index is 744. The van der Waals surface area contributed by atoms with E-state index in [2.05, 4.69) is 10.4 Å². The fraction of sp³-hybridized carbons (Fsp3) is 0.375. The average Bonchev–Trinajstić information content (AvgIpc) is 3.16. The zero-order chi connectivity index (χ0) is 16.6. The molecule has 1 aromatic heterocycles. The van der Waals surface area contributed by atoms with Crippen LogP contribution in [0, 0.1) is 6.92 Å². The summed E-state index contributed by atoms with van der Waals surface area (Å²) in [5.74, 6) is -0.0374. The summed E-state index contributed by atoms with van der Waals surface area (Å²) in [7, 11) is 1.92. The van der Waals surface area contributed by atoms with Crippen LogP contribution in [0.2, 0.25) is 10.0 Å². The van der Waals surface area contributed by atoms with Crippen LogP contribution in [-0.2, 0) is 0 Å². The van der Waals surface area contributed by atoms with Gasteiger partial charge in [0, 0.05) is 24.8 Å². The number of amides is 1. The first-order valence-electron chi connectivity index (χ1n) is 7.48. The maximum atomic E-state index is 12.6. The molecular weight excluding hydrogens is 335 g/mol. The molecule has 3 rings (SSSR count). The molecule has 5 nitrogen and oxygen atoms in total. The SMILES string of the molecule is CNC1CCN(C(=O)c2cc(C)n(-c3ccc(Cl)c(Cl)c3)n2)C1. The molecule has 0 spiro atoms. The van der Waals surface area contributed by atoms with Crippen LogP contribution in [0.3, 0.4) is 0 Å². The summed E-state index contributed by atoms with van der Waals surface area (Å²) in [6.07, 6.45) is 0.967. The zero-order valence-corrected chi connectivity index (χ0v) is 14.5. The summed E-state index contributed by atoms with van der Waals surface area (Å²) >= 11 is 12.0. The number of nitrogens with zero attached hydrogens (tertiary/aromatic N) is 3. The van der Waals surface area contributed by atoms with Gasteiger partial charge in [0.2, 0.25) is 0 Å². The maximum absolute atomic E-state index is 12.6. The van der Waals surface area contributed by atoms with Crippen LogP contribution in [0.5, 0.6) is 0 Å². The first-order chi connectivity index (χ1) is 11.0. The Morgan fingerprint density at radius 2 is 2.09 bits per heavy atom. The third-order valence-electron chi connectivity index (χ3n) is 4.14. The molecule has 1 atom stereocenters. The Morgan fingerprint density at radius 1 is 1.30 bits per heavy atom. The molecule has 1 saturated heterocycles. The van der Waals surface area contributed by atoms with E-state index in [1.54, 1.807) is 22.9 Å². The molecule has 1 unspecified atom stereocenters. The largest absolute Gasteiger partial charge is 0.336 e. The van der Waals surface area contributed by atoms with Crippen LogP contribution in [0.15, 0.2) is 24.3 Å². The summed E-state index contributed by atoms with van der Waals surface area (Å²) < 4.78 is 1.71. The Balaban J connectivity index is 1.86. The highest BCUT2D eigenvalue weighted by molar-refractivity contribution is 6.42. The fourth-order valence-corrected chi connectivity index (χ4v) is 3.09. The summed E-state index contributed by atoms with van der Waals surface area (Å²) in [6, 6.07) is 7.45. The highest BCUT2D eigenvalue weighted by Gasteiger charge is 2.27. The van der Waals surface area contributed by atoms with E-state index in [-0.39, 0.29) is 5.91 Å². The van der Waals surface area contributed by atoms with Gasteiger partial charge in [-0.15, -0.1) is 0 Å². The van der Waals surface area contributed by atoms with Gasteiger partial charge < -0.3 is 10.2 Å². The predicted octanol–water partition coefficient (Wildman–Crippen LogP) is 2.92. The Morgan fingerprint density at radius 3 is 2.74 bits per heavy atom. The molecule has 1 amide bonds. The highest BCUT2D eigenvalue weighted by atomic mass is 35.5. The van der Waals surface area contributed by atoms with Crippen molar-refractivity contribution >= 4 is 29.1 Å². The third-order valence-corrected chi connectivity index (χ3v) is 4.88. The second-order valence-electron chi connectivity index (χ2n) is 5.71. The second-order valence-corrected chi connectivity index (χ2v) is 6.52. The quantitative estimate of drug-likeness (QED) is 0.923. The van der Waals surface area contributed by atoms with Gasteiger partial charge in [-0.1, -0.05) is 23.2 Å². The van der Waals surface area contributed by atoms with Crippen LogP contribution in [0.1, 0.15) is 22.6 Å². The number of aryl methyl sites for hydroxylation is 1. The molecule has 7 heteroatoms. The van der Waals surface area contributed by atoms with Crippen LogP contribution in [-0.4, -0.2) is 46.8 Å². The van der Waals surface area contributed by atoms with Gasteiger partial charge in [0.05, 0.1) is 15.7 Å². The highest BCUT2D eigenvalue weighted by Crippen LogP contribution is 2.25. The number of halogens is 2. The minimum absolute atomic E-state index is 0.0374. The lowest BCUT2D eigenvalue weighted by Crippen LogP contribution is -2.33. The number of carbonyl (C=O) groups is 1. The normalized spacial score (nSPS) is 17.7. The van der Waals surface area contributed by atoms with E-state index in [4.69, 9.17) is 23.2 Å². The summed E-state index contributed by atoms with van der Waals surface area (Å²) in [4.78, 5) is 14.4. The summed E-state index contributed by atoms with van der Waals surface area (Å²) in [6.45, 7) is 3.38. The smallest absolute Gasteiger partial charge is 0.274 e. The number of nitrogens with one attached hydrogen (secondary N) is 1. The standard InChI is InChI=1S/C16H18Cl2N4O/c1-10-7-15(16(23)21-6-5-11(9-21)19-2)20-22(10)12-3-4-13(17)14(18)8-12/h3-4,7-8,11,19H,5-6,9H2,1-2H3. The minimum Gasteiger partial charge on any atom is -0.336 e. The molecule has 1 fully saturated rings. The van der Waals surface area contributed by atoms with Gasteiger partial charge in [-0.3, -0.25) is 4.79 Å². The third kappa shape index (κ3) is 3.22. The monoisotopic (exact) mass is 352 g/mol. The lowest BCUT2D eigenvalue weighted by Gasteiger charge is -2.14. The summed E-state index contributed by atoms with van der Waals surface area (Å²) in [5, 5.41) is 8.61. The first kappa shape index (κ1) is 16.3. The number of hydrogen-bond acceptors (Lipinski definition) is 3. The molecule has 1 aliphatic heterocycles. The Kier molecular flexibility index (Phi) is 4.62. The van der Waals surface area contributed by atoms with Crippen LogP contribution < -0.4 is 5.32 Å². The molecule has 1 N–H and O–H groups in total. The van der Waals surface area contributed by atoms with Crippen LogP contribution in [0.4, 0.5) is 0 Å². The van der Waals surface area contributed by atoms with E-state index >= 15 is 0 Å². The van der Waals surface area contributed by atoms with Crippen molar-refractivity contribution in [3.05, 3.63) is 45.7 Å². The number of aromatic nitrogens is 2. The van der Waals surface area contributed by atoms with Crippen molar-refractivity contribution in [1.29, 1.82) is 0 Å². The number of benzene rings is 1. The number of carbonyl (C=O) groups excluding carboxylic acids is 1. The van der Waals surface area contributed by atoms with E-state index in [1.807, 2.05) is 24.9 Å². The molecule has 2 heterocycles. The maximum Gasteiger partial charge on any atom is 0.274 e. The first-order valence-corrected chi connectivity index (χ1v) is 8.24. The molecule has 0 saturated carbocycles. The molecule has 122 valence electrons. The van der Waals surface area contributed by atoms with E-state index in [0.717, 1.165) is 24.3 Å². The van der Waals surface area contributed by atoms with Gasteiger partial charge in [-0.05, 0) is 44.7 Å². The average molecular weight is 353 g/mol. The fourth-order valence-electron chi connectivity index (χ4n) is 2.80. The van der Waals surface area contributed by atoms with Gasteiger partial charge in [-0.25, -0.2) is 4.68 Å². The molecule has 1 aromatic carbocycles. The lowest BCUT2D eigenvalue weighted by molar-refractivity contribution is 0.0783. The minimum atomic E-state index is -0.0374. The van der Waals surface area contributed by atoms with Crippen molar-refractivity contribution < 1.29 is 4.79 Å². The van der Waals surface area contributed by atoms with Gasteiger partial charge in [0.15, 0.2) is 5.69 Å². The van der Waals surface area contributed by atoms with Crippen LogP contribution >= 0.6 is 23.2 Å².